The average Bonchev–Trinajstić information content (AvgIpc) is 2.83. The largest absolute Gasteiger partial charge is 0.388 e. The summed E-state index contributed by atoms with van der Waals surface area (Å²) in [6.45, 7) is 8.59. The van der Waals surface area contributed by atoms with Gasteiger partial charge in [-0.1, -0.05) is 102 Å². The van der Waals surface area contributed by atoms with Crippen molar-refractivity contribution in [3.8, 4) is 0 Å². The van der Waals surface area contributed by atoms with Gasteiger partial charge in [-0.05, 0) is 29.0 Å². The van der Waals surface area contributed by atoms with Gasteiger partial charge in [0.25, 0.3) is 5.91 Å². The Morgan fingerprint density at radius 3 is 1.97 bits per heavy atom. The van der Waals surface area contributed by atoms with Crippen molar-refractivity contribution in [1.82, 2.24) is 4.90 Å². The smallest absolute Gasteiger partial charge is 0.254 e. The molecule has 5 nitrogen and oxygen atoms in total. The molecule has 2 aromatic rings. The van der Waals surface area contributed by atoms with Crippen LogP contribution in [0.3, 0.4) is 0 Å². The van der Waals surface area contributed by atoms with Crippen molar-refractivity contribution in [2.45, 2.75) is 72.8 Å². The van der Waals surface area contributed by atoms with Crippen molar-refractivity contribution < 1.29 is 19.5 Å². The lowest BCUT2D eigenvalue weighted by atomic mass is 9.86. The normalized spacial score (nSPS) is 14.0. The van der Waals surface area contributed by atoms with E-state index in [2.05, 4.69) is 27.7 Å². The minimum Gasteiger partial charge on any atom is -0.388 e. The quantitative estimate of drug-likeness (QED) is 0.441. The standard InChI is InChI=1S/C25H29NO4.C5H12/c27-18-24(29)21-13-11-20(12-14-21)16-26(25(30)22-9-5-2-6-10-22)17-23(28)15-19-7-3-1-4-8-19;1-5(2,3)4/h2,5-6,9-14,19,27H,1,3-4,7-8,15-18H2;1-4H3. The molecule has 0 bridgehead atoms. The van der Waals surface area contributed by atoms with Crippen molar-refractivity contribution in [3.05, 3.63) is 71.3 Å². The van der Waals surface area contributed by atoms with E-state index in [9.17, 15) is 14.4 Å². The number of ketones is 2. The van der Waals surface area contributed by atoms with Crippen LogP contribution in [0.4, 0.5) is 0 Å². The molecule has 1 saturated carbocycles. The molecule has 1 aliphatic carbocycles. The summed E-state index contributed by atoms with van der Waals surface area (Å²) in [6.07, 6.45) is 6.34. The van der Waals surface area contributed by atoms with Gasteiger partial charge in [-0.2, -0.15) is 0 Å². The first-order chi connectivity index (χ1) is 16.6. The predicted molar refractivity (Wildman–Crippen MR) is 140 cm³/mol. The fourth-order valence-electron chi connectivity index (χ4n) is 4.06. The molecule has 35 heavy (non-hydrogen) atoms. The third-order valence-electron chi connectivity index (χ3n) is 5.71. The van der Waals surface area contributed by atoms with Crippen LogP contribution < -0.4 is 0 Å². The highest BCUT2D eigenvalue weighted by Crippen LogP contribution is 2.26. The Hall–Kier alpha value is -2.79. The molecule has 0 atom stereocenters. The topological polar surface area (TPSA) is 74.7 Å². The van der Waals surface area contributed by atoms with Crippen LogP contribution in [0.5, 0.6) is 0 Å². The van der Waals surface area contributed by atoms with E-state index in [1.807, 2.05) is 18.2 Å². The second-order valence-corrected chi connectivity index (χ2v) is 11.1. The second kappa shape index (κ2) is 13.9. The summed E-state index contributed by atoms with van der Waals surface area (Å²) < 4.78 is 0. The second-order valence-electron chi connectivity index (χ2n) is 11.1. The number of carbonyl (C=O) groups excluding carboxylic acids is 3. The van der Waals surface area contributed by atoms with Crippen molar-refractivity contribution in [2.75, 3.05) is 13.2 Å². The number of benzene rings is 2. The van der Waals surface area contributed by atoms with Crippen LogP contribution in [-0.2, 0) is 11.3 Å². The Balaban J connectivity index is 0.000000784. The number of carbonyl (C=O) groups is 3. The number of amides is 1. The van der Waals surface area contributed by atoms with Crippen molar-refractivity contribution in [2.24, 2.45) is 11.3 Å². The highest BCUT2D eigenvalue weighted by atomic mass is 16.3. The van der Waals surface area contributed by atoms with Gasteiger partial charge in [0.2, 0.25) is 0 Å². The van der Waals surface area contributed by atoms with Gasteiger partial charge < -0.3 is 10.0 Å². The summed E-state index contributed by atoms with van der Waals surface area (Å²) in [4.78, 5) is 39.1. The lowest BCUT2D eigenvalue weighted by Gasteiger charge is -2.25. The van der Waals surface area contributed by atoms with Gasteiger partial charge in [0, 0.05) is 24.1 Å². The van der Waals surface area contributed by atoms with Gasteiger partial charge in [0.1, 0.15) is 6.61 Å². The van der Waals surface area contributed by atoms with Gasteiger partial charge >= 0.3 is 0 Å². The molecule has 0 heterocycles. The number of Topliss-reactive ketones (excluding diaryl/α,β-unsaturated/α-hetero) is 2. The molecule has 0 radical (unpaired) electrons. The van der Waals surface area contributed by atoms with E-state index < -0.39 is 6.61 Å². The van der Waals surface area contributed by atoms with Crippen LogP contribution in [0.2, 0.25) is 0 Å². The fraction of sp³-hybridized carbons (Fsp3) is 0.500. The zero-order valence-corrected chi connectivity index (χ0v) is 21.8. The van der Waals surface area contributed by atoms with Crippen LogP contribution in [-0.4, -0.2) is 40.6 Å². The minimum atomic E-state index is -0.534. The molecule has 190 valence electrons. The van der Waals surface area contributed by atoms with Crippen LogP contribution >= 0.6 is 0 Å². The number of rotatable bonds is 9. The number of aliphatic hydroxyl groups is 1. The molecule has 1 N–H and O–H groups in total. The molecule has 0 aliphatic heterocycles. The first-order valence-corrected chi connectivity index (χ1v) is 12.7. The molecule has 1 fully saturated rings. The van der Waals surface area contributed by atoms with Gasteiger partial charge in [-0.15, -0.1) is 0 Å². The third-order valence-corrected chi connectivity index (χ3v) is 5.71. The molecular formula is C30H41NO4. The first-order valence-electron chi connectivity index (χ1n) is 12.7. The predicted octanol–water partition coefficient (Wildman–Crippen LogP) is 6.10. The summed E-state index contributed by atoms with van der Waals surface area (Å²) >= 11 is 0. The molecular weight excluding hydrogens is 438 g/mol. The van der Waals surface area contributed by atoms with Gasteiger partial charge in [-0.25, -0.2) is 0 Å². The van der Waals surface area contributed by atoms with Gasteiger partial charge in [-0.3, -0.25) is 14.4 Å². The maximum Gasteiger partial charge on any atom is 0.254 e. The summed E-state index contributed by atoms with van der Waals surface area (Å²) in [5, 5.41) is 9.00. The maximum absolute atomic E-state index is 13.1. The average molecular weight is 480 g/mol. The van der Waals surface area contributed by atoms with E-state index in [1.54, 1.807) is 41.3 Å². The monoisotopic (exact) mass is 479 g/mol. The molecule has 3 rings (SSSR count). The number of hydrogen-bond acceptors (Lipinski definition) is 4. The van der Waals surface area contributed by atoms with Crippen LogP contribution in [0, 0.1) is 11.3 Å². The van der Waals surface area contributed by atoms with E-state index in [0.29, 0.717) is 28.9 Å². The van der Waals surface area contributed by atoms with E-state index in [4.69, 9.17) is 5.11 Å². The van der Waals surface area contributed by atoms with E-state index in [1.165, 1.54) is 19.3 Å². The minimum absolute atomic E-state index is 0.0849. The maximum atomic E-state index is 13.1. The van der Waals surface area contributed by atoms with Crippen molar-refractivity contribution in [1.29, 1.82) is 0 Å². The van der Waals surface area contributed by atoms with E-state index >= 15 is 0 Å². The molecule has 1 amide bonds. The zero-order valence-electron chi connectivity index (χ0n) is 21.8. The number of hydrogen-bond donors (Lipinski definition) is 1. The Kier molecular flexibility index (Phi) is 11.3. The SMILES string of the molecule is CC(C)(C)C.O=C(CC1CCCCC1)CN(Cc1ccc(C(=O)CO)cc1)C(=O)c1ccccc1. The lowest BCUT2D eigenvalue weighted by molar-refractivity contribution is -0.121. The molecule has 0 spiro atoms. The van der Waals surface area contributed by atoms with Crippen LogP contribution in [0.15, 0.2) is 54.6 Å². The Morgan fingerprint density at radius 1 is 0.857 bits per heavy atom. The van der Waals surface area contributed by atoms with Crippen LogP contribution in [0.25, 0.3) is 0 Å². The molecule has 0 saturated heterocycles. The van der Waals surface area contributed by atoms with Crippen molar-refractivity contribution >= 4 is 17.5 Å². The molecule has 1 aliphatic rings. The molecule has 5 heteroatoms. The van der Waals surface area contributed by atoms with Gasteiger partial charge in [0.15, 0.2) is 11.6 Å². The summed E-state index contributed by atoms with van der Waals surface area (Å²) in [5.41, 5.74) is 2.31. The zero-order chi connectivity index (χ0) is 25.8. The molecule has 0 aromatic heterocycles. The summed E-state index contributed by atoms with van der Waals surface area (Å²) in [7, 11) is 0. The highest BCUT2D eigenvalue weighted by molar-refractivity contribution is 5.97. The third kappa shape index (κ3) is 11.0. The first kappa shape index (κ1) is 28.4. The Bertz CT molecular complexity index is 933. The summed E-state index contributed by atoms with van der Waals surface area (Å²) in [6, 6.07) is 15.8. The molecule has 2 aromatic carbocycles. The highest BCUT2D eigenvalue weighted by Gasteiger charge is 2.22. The number of nitrogens with zero attached hydrogens (tertiary/aromatic N) is 1. The summed E-state index contributed by atoms with van der Waals surface area (Å²) in [5.74, 6) is 0.00602. The number of aliphatic hydroxyl groups excluding tert-OH is 1. The van der Waals surface area contributed by atoms with Crippen LogP contribution in [0.1, 0.15) is 92.5 Å². The van der Waals surface area contributed by atoms with E-state index in [-0.39, 0.29) is 30.6 Å². The van der Waals surface area contributed by atoms with E-state index in [0.717, 1.165) is 18.4 Å². The Morgan fingerprint density at radius 2 is 1.43 bits per heavy atom. The Labute approximate surface area is 210 Å². The lowest BCUT2D eigenvalue weighted by Crippen LogP contribution is -2.36. The van der Waals surface area contributed by atoms with Gasteiger partial charge in [0.05, 0.1) is 6.54 Å². The fourth-order valence-corrected chi connectivity index (χ4v) is 4.06. The van der Waals surface area contributed by atoms with Crippen molar-refractivity contribution in [3.63, 3.8) is 0 Å². The molecule has 0 unspecified atom stereocenters.